The molecule has 2 heterocycles. The molecule has 3 aromatic rings. The van der Waals surface area contributed by atoms with E-state index in [0.29, 0.717) is 29.5 Å². The van der Waals surface area contributed by atoms with Crippen molar-refractivity contribution < 1.29 is 27.4 Å². The zero-order valence-electron chi connectivity index (χ0n) is 18.5. The minimum atomic E-state index is -3.89. The topological polar surface area (TPSA) is 94.2 Å². The van der Waals surface area contributed by atoms with Crippen LogP contribution in [0.1, 0.15) is 5.56 Å². The predicted octanol–water partition coefficient (Wildman–Crippen LogP) is 2.91. The SMILES string of the molecule is Cc1ccc2c(c1)O[C@@H](C(=O)NC[C@H]1COc3ccccc3O1)CN2S(=O)(=O)c1ccccc1. The van der Waals surface area contributed by atoms with Crippen LogP contribution in [-0.4, -0.2) is 46.2 Å². The number of nitrogens with one attached hydrogen (secondary N) is 1. The minimum absolute atomic E-state index is 0.147. The molecule has 9 heteroatoms. The van der Waals surface area contributed by atoms with E-state index in [9.17, 15) is 13.2 Å². The zero-order valence-corrected chi connectivity index (χ0v) is 19.3. The number of carbonyl (C=O) groups excluding carboxylic acids is 1. The van der Waals surface area contributed by atoms with Gasteiger partial charge in [0.2, 0.25) is 0 Å². The summed E-state index contributed by atoms with van der Waals surface area (Å²) in [6, 6.07) is 20.7. The molecule has 1 amide bonds. The molecule has 3 aromatic carbocycles. The first kappa shape index (κ1) is 22.1. The van der Waals surface area contributed by atoms with Crippen LogP contribution in [-0.2, 0) is 14.8 Å². The number of ether oxygens (including phenoxy) is 3. The highest BCUT2D eigenvalue weighted by Gasteiger charge is 2.38. The quantitative estimate of drug-likeness (QED) is 0.604. The van der Waals surface area contributed by atoms with Gasteiger partial charge in [-0.15, -0.1) is 0 Å². The molecule has 2 atom stereocenters. The van der Waals surface area contributed by atoms with E-state index in [1.165, 1.54) is 16.4 Å². The number of sulfonamides is 1. The molecular formula is C25H24N2O6S. The van der Waals surface area contributed by atoms with Gasteiger partial charge in [0.15, 0.2) is 17.6 Å². The summed E-state index contributed by atoms with van der Waals surface area (Å²) < 4.78 is 45.6. The number of hydrogen-bond acceptors (Lipinski definition) is 6. The Balaban J connectivity index is 1.34. The maximum Gasteiger partial charge on any atom is 0.264 e. The number of benzene rings is 3. The van der Waals surface area contributed by atoms with E-state index >= 15 is 0 Å². The first-order valence-corrected chi connectivity index (χ1v) is 12.4. The average molecular weight is 481 g/mol. The fraction of sp³-hybridized carbons (Fsp3) is 0.240. The predicted molar refractivity (Wildman–Crippen MR) is 126 cm³/mol. The Morgan fingerprint density at radius 2 is 1.71 bits per heavy atom. The number of amides is 1. The fourth-order valence-electron chi connectivity index (χ4n) is 3.94. The van der Waals surface area contributed by atoms with E-state index in [4.69, 9.17) is 14.2 Å². The van der Waals surface area contributed by atoms with Crippen LogP contribution in [0, 0.1) is 6.92 Å². The van der Waals surface area contributed by atoms with Crippen molar-refractivity contribution in [2.75, 3.05) is 24.0 Å². The van der Waals surface area contributed by atoms with Crippen LogP contribution >= 0.6 is 0 Å². The number of anilines is 1. The van der Waals surface area contributed by atoms with Gasteiger partial charge in [-0.1, -0.05) is 36.4 Å². The molecular weight excluding hydrogens is 456 g/mol. The lowest BCUT2D eigenvalue weighted by molar-refractivity contribution is -0.128. The summed E-state index contributed by atoms with van der Waals surface area (Å²) in [5.41, 5.74) is 1.29. The normalized spacial score (nSPS) is 19.0. The van der Waals surface area contributed by atoms with Crippen molar-refractivity contribution in [2.45, 2.75) is 24.0 Å². The molecule has 0 aliphatic carbocycles. The second kappa shape index (κ2) is 8.90. The first-order valence-electron chi connectivity index (χ1n) is 10.9. The van der Waals surface area contributed by atoms with E-state index in [0.717, 1.165) is 5.56 Å². The van der Waals surface area contributed by atoms with Gasteiger partial charge in [0.1, 0.15) is 18.5 Å². The highest BCUT2D eigenvalue weighted by molar-refractivity contribution is 7.92. The van der Waals surface area contributed by atoms with E-state index in [2.05, 4.69) is 5.32 Å². The number of carbonyl (C=O) groups is 1. The zero-order chi connectivity index (χ0) is 23.7. The summed E-state index contributed by atoms with van der Waals surface area (Å²) in [6.07, 6.45) is -1.40. The van der Waals surface area contributed by atoms with Gasteiger partial charge in [0.25, 0.3) is 15.9 Å². The molecule has 5 rings (SSSR count). The lowest BCUT2D eigenvalue weighted by atomic mass is 10.1. The summed E-state index contributed by atoms with van der Waals surface area (Å²) in [4.78, 5) is 13.2. The second-order valence-corrected chi connectivity index (χ2v) is 10.0. The average Bonchev–Trinajstić information content (AvgIpc) is 2.86. The lowest BCUT2D eigenvalue weighted by Gasteiger charge is -2.35. The maximum absolute atomic E-state index is 13.4. The molecule has 0 radical (unpaired) electrons. The molecule has 0 spiro atoms. The van der Waals surface area contributed by atoms with E-state index in [-0.39, 0.29) is 24.1 Å². The largest absolute Gasteiger partial charge is 0.486 e. The van der Waals surface area contributed by atoms with Gasteiger partial charge in [0, 0.05) is 0 Å². The molecule has 2 aliphatic rings. The molecule has 0 saturated carbocycles. The highest BCUT2D eigenvalue weighted by Crippen LogP contribution is 2.37. The molecule has 0 unspecified atom stereocenters. The smallest absolute Gasteiger partial charge is 0.264 e. The number of aryl methyl sites for hydroxylation is 1. The molecule has 8 nitrogen and oxygen atoms in total. The van der Waals surface area contributed by atoms with Crippen molar-refractivity contribution in [3.05, 3.63) is 78.4 Å². The third-order valence-corrected chi connectivity index (χ3v) is 7.47. The molecule has 34 heavy (non-hydrogen) atoms. The van der Waals surface area contributed by atoms with Crippen LogP contribution in [0.2, 0.25) is 0 Å². The fourth-order valence-corrected chi connectivity index (χ4v) is 5.43. The summed E-state index contributed by atoms with van der Waals surface area (Å²) in [7, 11) is -3.89. The third kappa shape index (κ3) is 4.26. The van der Waals surface area contributed by atoms with Gasteiger partial charge in [0.05, 0.1) is 23.7 Å². The van der Waals surface area contributed by atoms with Crippen molar-refractivity contribution >= 4 is 21.6 Å². The third-order valence-electron chi connectivity index (χ3n) is 5.68. The summed E-state index contributed by atoms with van der Waals surface area (Å²) in [5, 5.41) is 2.82. The minimum Gasteiger partial charge on any atom is -0.486 e. The first-order chi connectivity index (χ1) is 16.4. The molecule has 1 N–H and O–H groups in total. The Morgan fingerprint density at radius 3 is 2.50 bits per heavy atom. The highest BCUT2D eigenvalue weighted by atomic mass is 32.2. The van der Waals surface area contributed by atoms with Crippen molar-refractivity contribution in [2.24, 2.45) is 0 Å². The van der Waals surface area contributed by atoms with Crippen LogP contribution in [0.4, 0.5) is 5.69 Å². The van der Waals surface area contributed by atoms with Gasteiger partial charge in [-0.25, -0.2) is 8.42 Å². The maximum atomic E-state index is 13.4. The number of hydrogen-bond donors (Lipinski definition) is 1. The van der Waals surface area contributed by atoms with Crippen molar-refractivity contribution in [1.29, 1.82) is 0 Å². The number of rotatable bonds is 5. The number of para-hydroxylation sites is 2. The van der Waals surface area contributed by atoms with E-state index in [1.807, 2.05) is 31.2 Å². The number of fused-ring (bicyclic) bond motifs is 2. The van der Waals surface area contributed by atoms with Crippen LogP contribution in [0.3, 0.4) is 0 Å². The summed E-state index contributed by atoms with van der Waals surface area (Å²) >= 11 is 0. The van der Waals surface area contributed by atoms with Crippen molar-refractivity contribution in [3.63, 3.8) is 0 Å². The van der Waals surface area contributed by atoms with Crippen LogP contribution in [0.15, 0.2) is 77.7 Å². The Morgan fingerprint density at radius 1 is 0.971 bits per heavy atom. The molecule has 2 aliphatic heterocycles. The summed E-state index contributed by atoms with van der Waals surface area (Å²) in [6.45, 7) is 2.21. The Kier molecular flexibility index (Phi) is 5.79. The van der Waals surface area contributed by atoms with Gasteiger partial charge in [-0.2, -0.15) is 0 Å². The van der Waals surface area contributed by atoms with Gasteiger partial charge in [-0.05, 0) is 48.9 Å². The second-order valence-electron chi connectivity index (χ2n) is 8.17. The molecule has 0 aromatic heterocycles. The van der Waals surface area contributed by atoms with Gasteiger partial charge in [-0.3, -0.25) is 9.10 Å². The summed E-state index contributed by atoms with van der Waals surface area (Å²) in [5.74, 6) is 1.20. The number of nitrogens with zero attached hydrogens (tertiary/aromatic N) is 1. The van der Waals surface area contributed by atoms with E-state index in [1.54, 1.807) is 36.4 Å². The monoisotopic (exact) mass is 480 g/mol. The standard InChI is InChI=1S/C25H24N2O6S/c1-17-11-12-20-23(13-17)33-24(15-27(20)34(29,30)19-7-3-2-4-8-19)25(28)26-14-18-16-31-21-9-5-6-10-22(21)32-18/h2-13,18,24H,14-16H2,1H3,(H,26,28)/t18-,24+/m0/s1. The molecule has 176 valence electrons. The van der Waals surface area contributed by atoms with E-state index < -0.39 is 22.0 Å². The van der Waals surface area contributed by atoms with Crippen LogP contribution in [0.25, 0.3) is 0 Å². The van der Waals surface area contributed by atoms with Gasteiger partial charge < -0.3 is 19.5 Å². The van der Waals surface area contributed by atoms with Gasteiger partial charge >= 0.3 is 0 Å². The Hall–Kier alpha value is -3.72. The molecule has 0 bridgehead atoms. The van der Waals surface area contributed by atoms with Crippen molar-refractivity contribution in [1.82, 2.24) is 5.32 Å². The lowest BCUT2D eigenvalue weighted by Crippen LogP contribution is -2.52. The molecule has 0 saturated heterocycles. The Bertz CT molecular complexity index is 1310. The van der Waals surface area contributed by atoms with Crippen LogP contribution < -0.4 is 23.8 Å². The van der Waals surface area contributed by atoms with Crippen LogP contribution in [0.5, 0.6) is 17.2 Å². The molecule has 0 fully saturated rings. The Labute approximate surface area is 198 Å². The van der Waals surface area contributed by atoms with Crippen molar-refractivity contribution in [3.8, 4) is 17.2 Å².